The predicted octanol–water partition coefficient (Wildman–Crippen LogP) is 1.86. The number of nitrogens with one attached hydrogen (secondary N) is 1. The van der Waals surface area contributed by atoms with Crippen LogP contribution in [0.1, 0.15) is 41.6 Å². The average Bonchev–Trinajstić information content (AvgIpc) is 2.88. The summed E-state index contributed by atoms with van der Waals surface area (Å²) in [7, 11) is 0. The fourth-order valence-corrected chi connectivity index (χ4v) is 2.75. The van der Waals surface area contributed by atoms with E-state index in [0.717, 1.165) is 31.2 Å². The second-order valence-corrected chi connectivity index (χ2v) is 5.64. The molecule has 1 amide bonds. The molecule has 0 spiro atoms. The Balaban J connectivity index is 2.03. The van der Waals surface area contributed by atoms with E-state index in [0.29, 0.717) is 17.8 Å². The van der Waals surface area contributed by atoms with Crippen LogP contribution in [-0.4, -0.2) is 24.2 Å². The summed E-state index contributed by atoms with van der Waals surface area (Å²) in [5.74, 6) is -0.152. The molecule has 1 aromatic rings. The predicted molar refractivity (Wildman–Crippen MR) is 75.9 cm³/mol. The summed E-state index contributed by atoms with van der Waals surface area (Å²) < 4.78 is 0. The first kappa shape index (κ1) is 13.9. The molecule has 0 radical (unpaired) electrons. The van der Waals surface area contributed by atoms with Gasteiger partial charge in [0.1, 0.15) is 0 Å². The number of aliphatic hydroxyl groups is 1. The van der Waals surface area contributed by atoms with Crippen LogP contribution in [0.5, 0.6) is 0 Å². The van der Waals surface area contributed by atoms with Crippen LogP contribution >= 0.6 is 0 Å². The lowest BCUT2D eigenvalue weighted by atomic mass is 9.87. The summed E-state index contributed by atoms with van der Waals surface area (Å²) in [4.78, 5) is 12.2. The zero-order chi connectivity index (χ0) is 13.9. The monoisotopic (exact) mass is 262 g/mol. The van der Waals surface area contributed by atoms with Crippen LogP contribution in [0.4, 0.5) is 5.69 Å². The first-order chi connectivity index (χ1) is 9.06. The standard InChI is InChI=1S/C15H22N2O2/c1-11-4-5-13(16)12(8-11)14(19)17-9-15(10-18)6-2-3-7-15/h4-5,8,18H,2-3,6-7,9-10,16H2,1H3,(H,17,19). The van der Waals surface area contributed by atoms with Crippen LogP contribution < -0.4 is 11.1 Å². The first-order valence-electron chi connectivity index (χ1n) is 6.81. The van der Waals surface area contributed by atoms with E-state index < -0.39 is 0 Å². The number of nitrogens with two attached hydrogens (primary N) is 1. The SMILES string of the molecule is Cc1ccc(N)c(C(=O)NCC2(CO)CCCC2)c1. The molecule has 0 aliphatic heterocycles. The minimum atomic E-state index is -0.152. The number of anilines is 1. The fourth-order valence-electron chi connectivity index (χ4n) is 2.75. The lowest BCUT2D eigenvalue weighted by Crippen LogP contribution is -2.38. The van der Waals surface area contributed by atoms with Gasteiger partial charge in [-0.05, 0) is 31.9 Å². The van der Waals surface area contributed by atoms with Gasteiger partial charge >= 0.3 is 0 Å². The molecule has 0 bridgehead atoms. The molecule has 1 aromatic carbocycles. The van der Waals surface area contributed by atoms with Gasteiger partial charge < -0.3 is 16.2 Å². The Labute approximate surface area is 114 Å². The summed E-state index contributed by atoms with van der Waals surface area (Å²) in [6.07, 6.45) is 4.21. The van der Waals surface area contributed by atoms with Crippen LogP contribution in [-0.2, 0) is 0 Å². The summed E-state index contributed by atoms with van der Waals surface area (Å²) in [6, 6.07) is 5.44. The Morgan fingerprint density at radius 1 is 1.42 bits per heavy atom. The van der Waals surface area contributed by atoms with Crippen molar-refractivity contribution in [2.45, 2.75) is 32.6 Å². The number of carbonyl (C=O) groups excluding carboxylic acids is 1. The van der Waals surface area contributed by atoms with Gasteiger partial charge in [0.2, 0.25) is 0 Å². The van der Waals surface area contributed by atoms with E-state index in [1.54, 1.807) is 12.1 Å². The van der Waals surface area contributed by atoms with Crippen molar-refractivity contribution >= 4 is 11.6 Å². The molecule has 4 N–H and O–H groups in total. The normalized spacial score (nSPS) is 17.4. The number of aliphatic hydroxyl groups excluding tert-OH is 1. The van der Waals surface area contributed by atoms with Crippen LogP contribution in [0, 0.1) is 12.3 Å². The molecule has 1 aliphatic rings. The maximum Gasteiger partial charge on any atom is 0.253 e. The van der Waals surface area contributed by atoms with Gasteiger partial charge in [-0.2, -0.15) is 0 Å². The van der Waals surface area contributed by atoms with Crippen LogP contribution in [0.15, 0.2) is 18.2 Å². The second-order valence-electron chi connectivity index (χ2n) is 5.64. The van der Waals surface area contributed by atoms with Crippen molar-refractivity contribution in [3.8, 4) is 0 Å². The molecule has 0 heterocycles. The number of rotatable bonds is 4. The molecule has 1 aliphatic carbocycles. The summed E-state index contributed by atoms with van der Waals surface area (Å²) >= 11 is 0. The van der Waals surface area contributed by atoms with Crippen molar-refractivity contribution in [3.63, 3.8) is 0 Å². The Kier molecular flexibility index (Phi) is 4.10. The maximum atomic E-state index is 12.2. The molecule has 2 rings (SSSR count). The van der Waals surface area contributed by atoms with Gasteiger partial charge in [0.15, 0.2) is 0 Å². The number of aryl methyl sites for hydroxylation is 1. The van der Waals surface area contributed by atoms with Gasteiger partial charge in [-0.3, -0.25) is 4.79 Å². The number of nitrogen functional groups attached to an aromatic ring is 1. The lowest BCUT2D eigenvalue weighted by molar-refractivity contribution is 0.0881. The summed E-state index contributed by atoms with van der Waals surface area (Å²) in [5.41, 5.74) is 7.72. The van der Waals surface area contributed by atoms with E-state index in [1.807, 2.05) is 13.0 Å². The topological polar surface area (TPSA) is 75.4 Å². The Hall–Kier alpha value is -1.55. The molecule has 104 valence electrons. The Bertz CT molecular complexity index is 465. The van der Waals surface area contributed by atoms with Crippen molar-refractivity contribution in [2.24, 2.45) is 5.41 Å². The molecule has 0 aromatic heterocycles. The van der Waals surface area contributed by atoms with E-state index in [-0.39, 0.29) is 17.9 Å². The number of hydrogen-bond donors (Lipinski definition) is 3. The molecular formula is C15H22N2O2. The van der Waals surface area contributed by atoms with E-state index in [9.17, 15) is 9.90 Å². The van der Waals surface area contributed by atoms with Gasteiger partial charge in [-0.25, -0.2) is 0 Å². The third kappa shape index (κ3) is 3.07. The minimum absolute atomic E-state index is 0.131. The molecule has 0 unspecified atom stereocenters. The summed E-state index contributed by atoms with van der Waals surface area (Å²) in [5, 5.41) is 12.4. The zero-order valence-corrected chi connectivity index (χ0v) is 11.4. The number of benzene rings is 1. The second kappa shape index (κ2) is 5.61. The molecule has 0 saturated heterocycles. The summed E-state index contributed by atoms with van der Waals surface area (Å²) in [6.45, 7) is 2.59. The largest absolute Gasteiger partial charge is 0.398 e. The van der Waals surface area contributed by atoms with E-state index in [4.69, 9.17) is 5.73 Å². The van der Waals surface area contributed by atoms with Crippen molar-refractivity contribution < 1.29 is 9.90 Å². The van der Waals surface area contributed by atoms with Gasteiger partial charge in [0, 0.05) is 17.6 Å². The minimum Gasteiger partial charge on any atom is -0.398 e. The van der Waals surface area contributed by atoms with Crippen molar-refractivity contribution in [3.05, 3.63) is 29.3 Å². The quantitative estimate of drug-likeness (QED) is 0.725. The highest BCUT2D eigenvalue weighted by Gasteiger charge is 2.33. The highest BCUT2D eigenvalue weighted by molar-refractivity contribution is 5.99. The number of carbonyl (C=O) groups is 1. The van der Waals surface area contributed by atoms with Crippen LogP contribution in [0.3, 0.4) is 0 Å². The Morgan fingerprint density at radius 2 is 2.11 bits per heavy atom. The fraction of sp³-hybridized carbons (Fsp3) is 0.533. The molecule has 1 fully saturated rings. The average molecular weight is 262 g/mol. The van der Waals surface area contributed by atoms with Gasteiger partial charge in [-0.1, -0.05) is 24.5 Å². The maximum absolute atomic E-state index is 12.2. The number of amides is 1. The zero-order valence-electron chi connectivity index (χ0n) is 11.4. The van der Waals surface area contributed by atoms with E-state index >= 15 is 0 Å². The third-order valence-electron chi connectivity index (χ3n) is 4.08. The number of hydrogen-bond acceptors (Lipinski definition) is 3. The molecular weight excluding hydrogens is 240 g/mol. The van der Waals surface area contributed by atoms with E-state index in [2.05, 4.69) is 5.32 Å². The van der Waals surface area contributed by atoms with Gasteiger partial charge in [0.25, 0.3) is 5.91 Å². The van der Waals surface area contributed by atoms with Crippen molar-refractivity contribution in [1.82, 2.24) is 5.32 Å². The molecule has 4 nitrogen and oxygen atoms in total. The Morgan fingerprint density at radius 3 is 2.74 bits per heavy atom. The highest BCUT2D eigenvalue weighted by Crippen LogP contribution is 2.36. The third-order valence-corrected chi connectivity index (χ3v) is 4.08. The lowest BCUT2D eigenvalue weighted by Gasteiger charge is -2.26. The molecule has 0 atom stereocenters. The highest BCUT2D eigenvalue weighted by atomic mass is 16.3. The van der Waals surface area contributed by atoms with Crippen LogP contribution in [0.2, 0.25) is 0 Å². The molecule has 1 saturated carbocycles. The van der Waals surface area contributed by atoms with Crippen molar-refractivity contribution in [2.75, 3.05) is 18.9 Å². The van der Waals surface area contributed by atoms with E-state index in [1.165, 1.54) is 0 Å². The smallest absolute Gasteiger partial charge is 0.253 e. The van der Waals surface area contributed by atoms with Gasteiger partial charge in [-0.15, -0.1) is 0 Å². The van der Waals surface area contributed by atoms with Crippen molar-refractivity contribution in [1.29, 1.82) is 0 Å². The first-order valence-corrected chi connectivity index (χ1v) is 6.81. The van der Waals surface area contributed by atoms with Gasteiger partial charge in [0.05, 0.1) is 12.2 Å². The molecule has 19 heavy (non-hydrogen) atoms. The molecule has 4 heteroatoms. The van der Waals surface area contributed by atoms with Crippen LogP contribution in [0.25, 0.3) is 0 Å².